The van der Waals surface area contributed by atoms with Crippen LogP contribution in [0, 0.1) is 0 Å². The minimum atomic E-state index is -1.65. The van der Waals surface area contributed by atoms with E-state index < -0.39 is 36.8 Å². The lowest BCUT2D eigenvalue weighted by Gasteiger charge is -2.46. The Morgan fingerprint density at radius 1 is 1.18 bits per heavy atom. The summed E-state index contributed by atoms with van der Waals surface area (Å²) < 4.78 is 11.6. The summed E-state index contributed by atoms with van der Waals surface area (Å²) in [5.74, 6) is -1.65. The molecule has 152 valence electrons. The van der Waals surface area contributed by atoms with Gasteiger partial charge in [-0.3, -0.25) is 0 Å². The molecule has 1 fully saturated rings. The second-order valence-electron chi connectivity index (χ2n) is 7.22. The third kappa shape index (κ3) is 3.20. The highest BCUT2D eigenvalue weighted by Gasteiger charge is 2.58. The van der Waals surface area contributed by atoms with Crippen molar-refractivity contribution in [2.45, 2.75) is 56.6 Å². The van der Waals surface area contributed by atoms with Crippen molar-refractivity contribution >= 4 is 22.9 Å². The summed E-state index contributed by atoms with van der Waals surface area (Å²) in [6.45, 7) is 1.74. The maximum absolute atomic E-state index is 10.7. The van der Waals surface area contributed by atoms with Crippen LogP contribution >= 0.6 is 22.9 Å². The molecule has 0 radical (unpaired) electrons. The Labute approximate surface area is 171 Å². The molecule has 2 aliphatic rings. The number of ether oxygens (including phenoxy) is 2. The molecule has 2 aromatic rings. The van der Waals surface area contributed by atoms with Gasteiger partial charge in [-0.15, -0.1) is 11.3 Å². The molecule has 1 aromatic carbocycles. The van der Waals surface area contributed by atoms with Crippen LogP contribution in [-0.4, -0.2) is 51.4 Å². The zero-order valence-corrected chi connectivity index (χ0v) is 16.9. The zero-order chi connectivity index (χ0) is 20.1. The van der Waals surface area contributed by atoms with Crippen molar-refractivity contribution in [2.24, 2.45) is 0 Å². The van der Waals surface area contributed by atoms with Gasteiger partial charge in [0.1, 0.15) is 24.4 Å². The van der Waals surface area contributed by atoms with Crippen LogP contribution < -0.4 is 0 Å². The largest absolute Gasteiger partial charge is 0.394 e. The molecule has 0 bridgehead atoms. The fourth-order valence-electron chi connectivity index (χ4n) is 3.88. The van der Waals surface area contributed by atoms with E-state index in [0.29, 0.717) is 17.0 Å². The predicted molar refractivity (Wildman–Crippen MR) is 104 cm³/mol. The Kier molecular flexibility index (Phi) is 5.54. The standard InChI is InChI=1S/C20H23ClO6S/c1-2-12-3-4-13(28-12)5-10-6-14-11(7-15(10)21)9-26-20(14)19(25)18(24)17(23)16(8-22)27-20/h3-4,6-7,16-19,22-25H,2,5,8-9H2,1H3/t16-,17-,18+,19-,20?/m1/s1. The van der Waals surface area contributed by atoms with Gasteiger partial charge in [-0.1, -0.05) is 18.5 Å². The Bertz CT molecular complexity index is 868. The number of aliphatic hydroxyl groups excluding tert-OH is 4. The molecule has 0 amide bonds. The first-order chi connectivity index (χ1) is 13.4. The Hall–Kier alpha value is -1.03. The van der Waals surface area contributed by atoms with Gasteiger partial charge in [-0.2, -0.15) is 0 Å². The van der Waals surface area contributed by atoms with Crippen molar-refractivity contribution < 1.29 is 29.9 Å². The number of aliphatic hydroxyl groups is 4. The number of thiophene rings is 1. The second-order valence-corrected chi connectivity index (χ2v) is 8.88. The average molecular weight is 427 g/mol. The summed E-state index contributed by atoms with van der Waals surface area (Å²) in [6.07, 6.45) is -3.91. The van der Waals surface area contributed by atoms with Crippen molar-refractivity contribution in [1.82, 2.24) is 0 Å². The smallest absolute Gasteiger partial charge is 0.225 e. The molecule has 2 aliphatic heterocycles. The van der Waals surface area contributed by atoms with Crippen LogP contribution in [0.1, 0.15) is 33.4 Å². The normalized spacial score (nSPS) is 32.1. The number of halogens is 1. The number of aryl methyl sites for hydroxylation is 1. The Morgan fingerprint density at radius 2 is 1.93 bits per heavy atom. The van der Waals surface area contributed by atoms with E-state index in [1.165, 1.54) is 9.75 Å². The summed E-state index contributed by atoms with van der Waals surface area (Å²) >= 11 is 8.21. The van der Waals surface area contributed by atoms with Crippen LogP contribution in [0.3, 0.4) is 0 Å². The maximum atomic E-state index is 10.7. The summed E-state index contributed by atoms with van der Waals surface area (Å²) in [4.78, 5) is 2.46. The van der Waals surface area contributed by atoms with E-state index >= 15 is 0 Å². The van der Waals surface area contributed by atoms with Gasteiger partial charge in [0.2, 0.25) is 5.79 Å². The van der Waals surface area contributed by atoms with Crippen LogP contribution in [0.15, 0.2) is 24.3 Å². The summed E-state index contributed by atoms with van der Waals surface area (Å²) in [6, 6.07) is 7.80. The molecule has 3 heterocycles. The number of fused-ring (bicyclic) bond motifs is 2. The topological polar surface area (TPSA) is 99.4 Å². The lowest BCUT2D eigenvalue weighted by molar-refractivity contribution is -0.368. The minimum Gasteiger partial charge on any atom is -0.394 e. The third-order valence-electron chi connectivity index (χ3n) is 5.47. The number of hydrogen-bond donors (Lipinski definition) is 4. The predicted octanol–water partition coefficient (Wildman–Crippen LogP) is 1.71. The van der Waals surface area contributed by atoms with E-state index in [9.17, 15) is 20.4 Å². The molecule has 1 saturated heterocycles. The van der Waals surface area contributed by atoms with Crippen molar-refractivity contribution in [3.05, 3.63) is 55.7 Å². The fourth-order valence-corrected chi connectivity index (χ4v) is 5.11. The van der Waals surface area contributed by atoms with Gasteiger partial charge in [-0.05, 0) is 41.8 Å². The molecule has 4 N–H and O–H groups in total. The summed E-state index contributed by atoms with van der Waals surface area (Å²) in [5, 5.41) is 41.1. The fraction of sp³-hybridized carbons (Fsp3) is 0.500. The Balaban J connectivity index is 1.72. The highest BCUT2D eigenvalue weighted by atomic mass is 35.5. The van der Waals surface area contributed by atoms with Gasteiger partial charge >= 0.3 is 0 Å². The van der Waals surface area contributed by atoms with Gasteiger partial charge in [0, 0.05) is 26.8 Å². The molecule has 28 heavy (non-hydrogen) atoms. The van der Waals surface area contributed by atoms with E-state index in [2.05, 4.69) is 19.1 Å². The quantitative estimate of drug-likeness (QED) is 0.594. The molecular weight excluding hydrogens is 404 g/mol. The van der Waals surface area contributed by atoms with Crippen LogP contribution in [0.25, 0.3) is 0 Å². The van der Waals surface area contributed by atoms with Crippen LogP contribution in [-0.2, 0) is 34.7 Å². The SMILES string of the molecule is CCc1ccc(Cc2cc3c(cc2Cl)COC32O[C@H](CO)[C@@H](O)[C@H](O)[C@H]2O)s1. The van der Waals surface area contributed by atoms with Crippen molar-refractivity contribution in [1.29, 1.82) is 0 Å². The molecule has 1 aromatic heterocycles. The number of rotatable bonds is 4. The molecule has 0 saturated carbocycles. The number of benzene rings is 1. The molecular formula is C20H23ClO6S. The van der Waals surface area contributed by atoms with Crippen LogP contribution in [0.4, 0.5) is 0 Å². The molecule has 5 atom stereocenters. The molecule has 8 heteroatoms. The van der Waals surface area contributed by atoms with E-state index in [4.69, 9.17) is 21.1 Å². The Morgan fingerprint density at radius 3 is 2.61 bits per heavy atom. The highest BCUT2D eigenvalue weighted by molar-refractivity contribution is 7.12. The molecule has 1 unspecified atom stereocenters. The van der Waals surface area contributed by atoms with E-state index in [1.807, 2.05) is 6.07 Å². The van der Waals surface area contributed by atoms with Crippen molar-refractivity contribution in [3.63, 3.8) is 0 Å². The average Bonchev–Trinajstić information content (AvgIpc) is 3.29. The summed E-state index contributed by atoms with van der Waals surface area (Å²) in [7, 11) is 0. The van der Waals surface area contributed by atoms with E-state index in [0.717, 1.165) is 17.5 Å². The summed E-state index contributed by atoms with van der Waals surface area (Å²) in [5.41, 5.74) is 2.16. The van der Waals surface area contributed by atoms with Crippen molar-refractivity contribution in [3.8, 4) is 0 Å². The number of hydrogen-bond acceptors (Lipinski definition) is 7. The van der Waals surface area contributed by atoms with Crippen molar-refractivity contribution in [2.75, 3.05) is 6.61 Å². The van der Waals surface area contributed by atoms with E-state index in [1.54, 1.807) is 17.4 Å². The van der Waals surface area contributed by atoms with Gasteiger partial charge in [-0.25, -0.2) is 0 Å². The molecule has 6 nitrogen and oxygen atoms in total. The van der Waals surface area contributed by atoms with Gasteiger partial charge < -0.3 is 29.9 Å². The maximum Gasteiger partial charge on any atom is 0.225 e. The highest BCUT2D eigenvalue weighted by Crippen LogP contribution is 2.47. The van der Waals surface area contributed by atoms with Gasteiger partial charge in [0.05, 0.1) is 13.2 Å². The first-order valence-corrected chi connectivity index (χ1v) is 10.4. The first-order valence-electron chi connectivity index (χ1n) is 9.25. The van der Waals surface area contributed by atoms with Crippen LogP contribution in [0.5, 0.6) is 0 Å². The lowest BCUT2D eigenvalue weighted by Crippen LogP contribution is -2.63. The molecule has 1 spiro atoms. The first kappa shape index (κ1) is 20.3. The van der Waals surface area contributed by atoms with E-state index in [-0.39, 0.29) is 6.61 Å². The zero-order valence-electron chi connectivity index (χ0n) is 15.3. The lowest BCUT2D eigenvalue weighted by atomic mass is 9.86. The minimum absolute atomic E-state index is 0.145. The van der Waals surface area contributed by atoms with Gasteiger partial charge in [0.15, 0.2) is 0 Å². The second kappa shape index (κ2) is 7.66. The monoisotopic (exact) mass is 426 g/mol. The molecule has 4 rings (SSSR count). The molecule has 0 aliphatic carbocycles. The van der Waals surface area contributed by atoms with Crippen LogP contribution in [0.2, 0.25) is 5.02 Å². The van der Waals surface area contributed by atoms with Gasteiger partial charge in [0.25, 0.3) is 0 Å². The third-order valence-corrected chi connectivity index (χ3v) is 7.05.